The molecule has 1 amide bonds. The highest BCUT2D eigenvalue weighted by Crippen LogP contribution is 2.13. The summed E-state index contributed by atoms with van der Waals surface area (Å²) in [6, 6.07) is 7.59. The van der Waals surface area contributed by atoms with Crippen molar-refractivity contribution in [3.05, 3.63) is 35.7 Å². The van der Waals surface area contributed by atoms with E-state index in [0.717, 1.165) is 23.6 Å². The number of methoxy groups -OCH3 is 1. The van der Waals surface area contributed by atoms with E-state index in [1.807, 2.05) is 31.2 Å². The Morgan fingerprint density at radius 2 is 2.14 bits per heavy atom. The normalized spacial score (nSPS) is 10.4. The summed E-state index contributed by atoms with van der Waals surface area (Å²) >= 11 is 1.32. The summed E-state index contributed by atoms with van der Waals surface area (Å²) in [6.07, 6.45) is 0.803. The van der Waals surface area contributed by atoms with Gasteiger partial charge in [-0.25, -0.2) is 4.98 Å². The average molecular weight is 306 g/mol. The number of hydrogen-bond donors (Lipinski definition) is 2. The van der Waals surface area contributed by atoms with Gasteiger partial charge in [-0.05, 0) is 17.7 Å². The first kappa shape index (κ1) is 15.4. The van der Waals surface area contributed by atoms with Crippen LogP contribution in [0.5, 0.6) is 5.75 Å². The van der Waals surface area contributed by atoms with Crippen LogP contribution in [0.15, 0.2) is 29.4 Å². The van der Waals surface area contributed by atoms with Crippen LogP contribution in [-0.2, 0) is 17.8 Å². The molecule has 6 nitrogen and oxygen atoms in total. The minimum Gasteiger partial charge on any atom is -0.497 e. The number of ether oxygens (including phenoxy) is 1. The molecule has 0 bridgehead atoms. The van der Waals surface area contributed by atoms with Crippen LogP contribution >= 0.6 is 11.8 Å². The number of nitrogens with one attached hydrogen (secondary N) is 2. The quantitative estimate of drug-likeness (QED) is 0.762. The van der Waals surface area contributed by atoms with E-state index in [2.05, 4.69) is 20.5 Å². The Bertz CT molecular complexity index is 583. The molecule has 2 rings (SSSR count). The van der Waals surface area contributed by atoms with Crippen LogP contribution in [0.2, 0.25) is 0 Å². The zero-order valence-corrected chi connectivity index (χ0v) is 12.9. The third-order valence-electron chi connectivity index (χ3n) is 2.83. The van der Waals surface area contributed by atoms with Crippen LogP contribution < -0.4 is 10.1 Å². The number of aromatic amines is 1. The van der Waals surface area contributed by atoms with Crippen LogP contribution in [0.1, 0.15) is 18.3 Å². The number of benzene rings is 1. The molecule has 7 heteroatoms. The molecule has 0 spiro atoms. The fourth-order valence-electron chi connectivity index (χ4n) is 1.63. The number of aryl methyl sites for hydroxylation is 1. The van der Waals surface area contributed by atoms with Gasteiger partial charge < -0.3 is 10.1 Å². The molecule has 21 heavy (non-hydrogen) atoms. The third kappa shape index (κ3) is 4.78. The maximum atomic E-state index is 11.8. The Hall–Kier alpha value is -2.02. The van der Waals surface area contributed by atoms with Gasteiger partial charge in [-0.15, -0.1) is 5.10 Å². The number of amides is 1. The van der Waals surface area contributed by atoms with Crippen LogP contribution in [0.25, 0.3) is 0 Å². The van der Waals surface area contributed by atoms with Gasteiger partial charge in [0.05, 0.1) is 12.9 Å². The van der Waals surface area contributed by atoms with Crippen LogP contribution in [-0.4, -0.2) is 34.0 Å². The van der Waals surface area contributed by atoms with Crippen molar-refractivity contribution in [3.63, 3.8) is 0 Å². The van der Waals surface area contributed by atoms with Crippen molar-refractivity contribution >= 4 is 17.7 Å². The highest BCUT2D eigenvalue weighted by molar-refractivity contribution is 7.99. The van der Waals surface area contributed by atoms with Gasteiger partial charge in [0, 0.05) is 13.0 Å². The number of nitrogens with zero attached hydrogens (tertiary/aromatic N) is 2. The Labute approximate surface area is 127 Å². The Morgan fingerprint density at radius 1 is 1.38 bits per heavy atom. The van der Waals surface area contributed by atoms with E-state index in [4.69, 9.17) is 4.74 Å². The molecule has 2 N–H and O–H groups in total. The lowest BCUT2D eigenvalue weighted by molar-refractivity contribution is -0.118. The van der Waals surface area contributed by atoms with Crippen LogP contribution in [0.3, 0.4) is 0 Å². The topological polar surface area (TPSA) is 79.9 Å². The summed E-state index contributed by atoms with van der Waals surface area (Å²) in [6.45, 7) is 2.49. The lowest BCUT2D eigenvalue weighted by atomic mass is 10.2. The van der Waals surface area contributed by atoms with E-state index < -0.39 is 0 Å². The predicted molar refractivity (Wildman–Crippen MR) is 81.3 cm³/mol. The van der Waals surface area contributed by atoms with Crippen molar-refractivity contribution in [2.45, 2.75) is 25.0 Å². The van der Waals surface area contributed by atoms with Crippen molar-refractivity contribution in [2.75, 3.05) is 12.9 Å². The van der Waals surface area contributed by atoms with Gasteiger partial charge in [0.15, 0.2) is 0 Å². The number of rotatable bonds is 7. The maximum absolute atomic E-state index is 11.8. The van der Waals surface area contributed by atoms with Crippen LogP contribution in [0, 0.1) is 0 Å². The van der Waals surface area contributed by atoms with Gasteiger partial charge >= 0.3 is 0 Å². The summed E-state index contributed by atoms with van der Waals surface area (Å²) in [5, 5.41) is 10.3. The van der Waals surface area contributed by atoms with E-state index in [-0.39, 0.29) is 5.91 Å². The first-order valence-corrected chi connectivity index (χ1v) is 7.63. The second kappa shape index (κ2) is 7.68. The molecule has 1 heterocycles. The highest BCUT2D eigenvalue weighted by Gasteiger charge is 2.07. The predicted octanol–water partition coefficient (Wildman–Crippen LogP) is 1.78. The summed E-state index contributed by atoms with van der Waals surface area (Å²) < 4.78 is 5.09. The summed E-state index contributed by atoms with van der Waals surface area (Å²) in [5.74, 6) is 1.89. The SMILES string of the molecule is CCc1nc(SCC(=O)NCc2ccc(OC)cc2)n[nH]1. The molecular weight excluding hydrogens is 288 g/mol. The lowest BCUT2D eigenvalue weighted by Crippen LogP contribution is -2.24. The Morgan fingerprint density at radius 3 is 2.76 bits per heavy atom. The number of hydrogen-bond acceptors (Lipinski definition) is 5. The van der Waals surface area contributed by atoms with Gasteiger partial charge in [-0.2, -0.15) is 0 Å². The molecule has 1 aromatic carbocycles. The van der Waals surface area contributed by atoms with Crippen molar-refractivity contribution in [3.8, 4) is 5.75 Å². The molecule has 112 valence electrons. The summed E-state index contributed by atoms with van der Waals surface area (Å²) in [5.41, 5.74) is 1.03. The molecule has 0 saturated carbocycles. The average Bonchev–Trinajstić information content (AvgIpc) is 2.99. The molecule has 0 aliphatic heterocycles. The van der Waals surface area contributed by atoms with E-state index in [0.29, 0.717) is 17.5 Å². The molecule has 0 radical (unpaired) electrons. The van der Waals surface area contributed by atoms with Crippen molar-refractivity contribution < 1.29 is 9.53 Å². The fourth-order valence-corrected chi connectivity index (χ4v) is 2.27. The molecule has 2 aromatic rings. The number of aromatic nitrogens is 3. The molecule has 0 unspecified atom stereocenters. The zero-order chi connectivity index (χ0) is 15.1. The van der Waals surface area contributed by atoms with E-state index >= 15 is 0 Å². The zero-order valence-electron chi connectivity index (χ0n) is 12.0. The van der Waals surface area contributed by atoms with Crippen molar-refractivity contribution in [2.24, 2.45) is 0 Å². The first-order chi connectivity index (χ1) is 10.2. The third-order valence-corrected chi connectivity index (χ3v) is 3.67. The molecule has 0 fully saturated rings. The largest absolute Gasteiger partial charge is 0.497 e. The lowest BCUT2D eigenvalue weighted by Gasteiger charge is -2.05. The minimum absolute atomic E-state index is 0.0429. The number of carbonyl (C=O) groups excluding carboxylic acids is 1. The molecule has 0 aliphatic rings. The highest BCUT2D eigenvalue weighted by atomic mass is 32.2. The standard InChI is InChI=1S/C14H18N4O2S/c1-3-12-16-14(18-17-12)21-9-13(19)15-8-10-4-6-11(20-2)7-5-10/h4-7H,3,8-9H2,1-2H3,(H,15,19)(H,16,17,18). The van der Waals surface area contributed by atoms with Gasteiger partial charge in [0.2, 0.25) is 11.1 Å². The van der Waals surface area contributed by atoms with E-state index in [9.17, 15) is 4.79 Å². The summed E-state index contributed by atoms with van der Waals surface area (Å²) in [4.78, 5) is 16.0. The first-order valence-electron chi connectivity index (χ1n) is 6.65. The molecule has 0 aliphatic carbocycles. The molecule has 0 atom stereocenters. The molecule has 0 saturated heterocycles. The molecular formula is C14H18N4O2S. The minimum atomic E-state index is -0.0429. The number of thioether (sulfide) groups is 1. The van der Waals surface area contributed by atoms with E-state index in [1.165, 1.54) is 11.8 Å². The van der Waals surface area contributed by atoms with Gasteiger partial charge in [-0.3, -0.25) is 9.89 Å². The van der Waals surface area contributed by atoms with Crippen LogP contribution in [0.4, 0.5) is 0 Å². The van der Waals surface area contributed by atoms with Crippen molar-refractivity contribution in [1.29, 1.82) is 0 Å². The summed E-state index contributed by atoms with van der Waals surface area (Å²) in [7, 11) is 1.63. The second-order valence-corrected chi connectivity index (χ2v) is 5.27. The van der Waals surface area contributed by atoms with Gasteiger partial charge in [0.1, 0.15) is 11.6 Å². The van der Waals surface area contributed by atoms with E-state index in [1.54, 1.807) is 7.11 Å². The number of H-pyrrole nitrogens is 1. The fraction of sp³-hybridized carbons (Fsp3) is 0.357. The Kier molecular flexibility index (Phi) is 5.62. The van der Waals surface area contributed by atoms with Gasteiger partial charge in [0.25, 0.3) is 0 Å². The maximum Gasteiger partial charge on any atom is 0.230 e. The molecule has 1 aromatic heterocycles. The van der Waals surface area contributed by atoms with Crippen molar-refractivity contribution in [1.82, 2.24) is 20.5 Å². The van der Waals surface area contributed by atoms with Gasteiger partial charge in [-0.1, -0.05) is 30.8 Å². The second-order valence-electron chi connectivity index (χ2n) is 4.33. The number of carbonyl (C=O) groups is 1. The monoisotopic (exact) mass is 306 g/mol. The smallest absolute Gasteiger partial charge is 0.230 e. The Balaban J connectivity index is 1.73.